The first kappa shape index (κ1) is 23.9. The van der Waals surface area contributed by atoms with Gasteiger partial charge in [-0.3, -0.25) is 15.1 Å². The van der Waals surface area contributed by atoms with Gasteiger partial charge in [0, 0.05) is 36.2 Å². The summed E-state index contributed by atoms with van der Waals surface area (Å²) in [6, 6.07) is 2.75. The Kier molecular flexibility index (Phi) is 7.27. The van der Waals surface area contributed by atoms with Crippen molar-refractivity contribution in [2.45, 2.75) is 38.6 Å². The second-order valence-corrected chi connectivity index (χ2v) is 9.04. The lowest BCUT2D eigenvalue weighted by Gasteiger charge is -2.25. The van der Waals surface area contributed by atoms with E-state index in [0.717, 1.165) is 23.6 Å². The summed E-state index contributed by atoms with van der Waals surface area (Å²) in [5.74, 6) is -0.966. The van der Waals surface area contributed by atoms with E-state index in [1.165, 1.54) is 16.6 Å². The van der Waals surface area contributed by atoms with Crippen LogP contribution in [0.15, 0.2) is 51.1 Å². The number of likely N-dealkylation sites (tertiary alicyclic amines) is 1. The van der Waals surface area contributed by atoms with Crippen molar-refractivity contribution in [3.05, 3.63) is 58.2 Å². The normalized spacial score (nSPS) is 23.0. The summed E-state index contributed by atoms with van der Waals surface area (Å²) < 4.78 is 28.2. The van der Waals surface area contributed by atoms with Crippen molar-refractivity contribution in [3.8, 4) is 6.19 Å². The SMILES string of the molecule is CC1CC(Cl)=CC=C1CCN=C(NC#N)N1CC(N2CCCC2=O)C(c2ccc(F)cc2F)=N1. The third-order valence-corrected chi connectivity index (χ3v) is 6.55. The second-order valence-electron chi connectivity index (χ2n) is 8.55. The molecule has 1 fully saturated rings. The highest BCUT2D eigenvalue weighted by atomic mass is 35.5. The summed E-state index contributed by atoms with van der Waals surface area (Å²) in [7, 11) is 0. The molecule has 1 aromatic rings. The van der Waals surface area contributed by atoms with Crippen molar-refractivity contribution in [2.75, 3.05) is 19.6 Å². The van der Waals surface area contributed by atoms with Gasteiger partial charge in [-0.1, -0.05) is 30.2 Å². The van der Waals surface area contributed by atoms with Gasteiger partial charge in [0.25, 0.3) is 0 Å². The molecule has 2 aliphatic heterocycles. The average molecular weight is 487 g/mol. The predicted octanol–water partition coefficient (Wildman–Crippen LogP) is 3.88. The summed E-state index contributed by atoms with van der Waals surface area (Å²) in [5.41, 5.74) is 1.64. The van der Waals surface area contributed by atoms with Crippen molar-refractivity contribution in [3.63, 3.8) is 0 Å². The first-order chi connectivity index (χ1) is 16.4. The Labute approximate surface area is 202 Å². The van der Waals surface area contributed by atoms with Gasteiger partial charge in [-0.05, 0) is 43.4 Å². The van der Waals surface area contributed by atoms with Gasteiger partial charge in [-0.2, -0.15) is 10.4 Å². The minimum atomic E-state index is -0.756. The van der Waals surface area contributed by atoms with Crippen molar-refractivity contribution < 1.29 is 13.6 Å². The number of hydrogen-bond donors (Lipinski definition) is 1. The number of carbonyl (C=O) groups is 1. The van der Waals surface area contributed by atoms with Gasteiger partial charge in [0.05, 0.1) is 18.3 Å². The molecule has 0 radical (unpaired) electrons. The minimum Gasteiger partial charge on any atom is -0.332 e. The number of nitrogens with one attached hydrogen (secondary N) is 1. The van der Waals surface area contributed by atoms with E-state index in [9.17, 15) is 18.8 Å². The zero-order valence-electron chi connectivity index (χ0n) is 18.8. The minimum absolute atomic E-state index is 0.0428. The summed E-state index contributed by atoms with van der Waals surface area (Å²) >= 11 is 6.10. The van der Waals surface area contributed by atoms with Crippen molar-refractivity contribution in [1.82, 2.24) is 15.2 Å². The van der Waals surface area contributed by atoms with E-state index in [4.69, 9.17) is 11.6 Å². The lowest BCUT2D eigenvalue weighted by atomic mass is 9.91. The van der Waals surface area contributed by atoms with E-state index in [-0.39, 0.29) is 24.0 Å². The fourth-order valence-corrected chi connectivity index (χ4v) is 4.80. The van der Waals surface area contributed by atoms with Gasteiger partial charge in [-0.15, -0.1) is 0 Å². The number of aliphatic imine (C=N–C) groups is 1. The van der Waals surface area contributed by atoms with E-state index >= 15 is 0 Å². The fourth-order valence-electron chi connectivity index (χ4n) is 4.51. The van der Waals surface area contributed by atoms with Crippen LogP contribution in [0.25, 0.3) is 0 Å². The van der Waals surface area contributed by atoms with Crippen LogP contribution < -0.4 is 5.32 Å². The molecule has 2 atom stereocenters. The van der Waals surface area contributed by atoms with Gasteiger partial charge in [0.2, 0.25) is 11.9 Å². The van der Waals surface area contributed by atoms with E-state index in [2.05, 4.69) is 22.3 Å². The topological polar surface area (TPSA) is 84.1 Å². The molecule has 0 bridgehead atoms. The summed E-state index contributed by atoms with van der Waals surface area (Å²) in [4.78, 5) is 18.7. The highest BCUT2D eigenvalue weighted by Crippen LogP contribution is 2.29. The number of allylic oxidation sites excluding steroid dienone is 3. The van der Waals surface area contributed by atoms with Crippen LogP contribution in [0.5, 0.6) is 0 Å². The molecule has 3 aliphatic rings. The predicted molar refractivity (Wildman–Crippen MR) is 126 cm³/mol. The van der Waals surface area contributed by atoms with Crippen LogP contribution in [0.1, 0.15) is 38.2 Å². The Bertz CT molecular complexity index is 1140. The Balaban J connectivity index is 1.60. The molecule has 178 valence electrons. The van der Waals surface area contributed by atoms with E-state index < -0.39 is 17.7 Å². The monoisotopic (exact) mass is 486 g/mol. The standard InChI is InChI=1S/C24H25ClF2N6O/c1-15-11-17(25)5-4-16(15)8-9-29-24(30-14-28)33-13-21(32-10-2-3-22(32)34)23(31-33)19-7-6-18(26)12-20(19)27/h4-7,12,15,21H,2-3,8-11,13H2,1H3,(H,29,30). The van der Waals surface area contributed by atoms with Crippen LogP contribution in [0.3, 0.4) is 0 Å². The van der Waals surface area contributed by atoms with Crippen LogP contribution in [0.4, 0.5) is 8.78 Å². The Morgan fingerprint density at radius 1 is 1.38 bits per heavy atom. The molecule has 1 aliphatic carbocycles. The van der Waals surface area contributed by atoms with Gasteiger partial charge in [-0.25, -0.2) is 13.8 Å². The molecule has 0 saturated carbocycles. The molecule has 0 spiro atoms. The molecule has 2 unspecified atom stereocenters. The van der Waals surface area contributed by atoms with Crippen LogP contribution in [-0.2, 0) is 4.79 Å². The van der Waals surface area contributed by atoms with Crippen molar-refractivity contribution in [2.24, 2.45) is 16.0 Å². The van der Waals surface area contributed by atoms with Crippen molar-refractivity contribution in [1.29, 1.82) is 5.26 Å². The van der Waals surface area contributed by atoms with Crippen molar-refractivity contribution >= 4 is 29.2 Å². The van der Waals surface area contributed by atoms with Gasteiger partial charge < -0.3 is 4.90 Å². The summed E-state index contributed by atoms with van der Waals surface area (Å²) in [6.07, 6.45) is 8.36. The smallest absolute Gasteiger partial charge is 0.228 e. The zero-order chi connectivity index (χ0) is 24.2. The molecule has 1 saturated heterocycles. The van der Waals surface area contributed by atoms with Crippen LogP contribution >= 0.6 is 11.6 Å². The van der Waals surface area contributed by atoms with Gasteiger partial charge >= 0.3 is 0 Å². The second kappa shape index (κ2) is 10.3. The number of carbonyl (C=O) groups excluding carboxylic acids is 1. The Morgan fingerprint density at radius 2 is 2.21 bits per heavy atom. The van der Waals surface area contributed by atoms with Crippen LogP contribution in [0, 0.1) is 29.0 Å². The van der Waals surface area contributed by atoms with E-state index in [1.807, 2.05) is 18.3 Å². The van der Waals surface area contributed by atoms with Crippen LogP contribution in [0.2, 0.25) is 0 Å². The number of guanidine groups is 1. The molecular weight excluding hydrogens is 462 g/mol. The van der Waals surface area contributed by atoms with Gasteiger partial charge in [0.15, 0.2) is 6.19 Å². The highest BCUT2D eigenvalue weighted by Gasteiger charge is 2.39. The quantitative estimate of drug-likeness (QED) is 0.296. The molecule has 10 heteroatoms. The summed E-state index contributed by atoms with van der Waals surface area (Å²) in [6.45, 7) is 3.25. The average Bonchev–Trinajstić information content (AvgIpc) is 3.40. The molecule has 1 N–H and O–H groups in total. The number of hydrogen-bond acceptors (Lipinski definition) is 4. The zero-order valence-corrected chi connectivity index (χ0v) is 19.5. The Hall–Kier alpha value is -3.25. The molecular formula is C24H25ClF2N6O. The van der Waals surface area contributed by atoms with Crippen LogP contribution in [-0.4, -0.2) is 53.2 Å². The van der Waals surface area contributed by atoms with E-state index in [0.29, 0.717) is 44.0 Å². The van der Waals surface area contributed by atoms with Gasteiger partial charge in [0.1, 0.15) is 11.6 Å². The molecule has 34 heavy (non-hydrogen) atoms. The highest BCUT2D eigenvalue weighted by molar-refractivity contribution is 6.29. The number of rotatable bonds is 5. The fraction of sp³-hybridized carbons (Fsp3) is 0.417. The molecule has 2 heterocycles. The Morgan fingerprint density at radius 3 is 2.88 bits per heavy atom. The van der Waals surface area contributed by atoms with E-state index in [1.54, 1.807) is 4.90 Å². The molecule has 7 nitrogen and oxygen atoms in total. The third kappa shape index (κ3) is 5.12. The lowest BCUT2D eigenvalue weighted by Crippen LogP contribution is -2.46. The lowest BCUT2D eigenvalue weighted by molar-refractivity contribution is -0.128. The maximum Gasteiger partial charge on any atom is 0.228 e. The maximum absolute atomic E-state index is 14.6. The number of nitriles is 1. The summed E-state index contributed by atoms with van der Waals surface area (Å²) in [5, 5.41) is 18.7. The molecule has 1 aromatic carbocycles. The number of benzene rings is 1. The molecule has 0 aromatic heterocycles. The number of amides is 1. The molecule has 1 amide bonds. The number of nitrogens with zero attached hydrogens (tertiary/aromatic N) is 5. The molecule has 4 rings (SSSR count). The maximum atomic E-state index is 14.6. The number of halogens is 3. The largest absolute Gasteiger partial charge is 0.332 e. The first-order valence-corrected chi connectivity index (χ1v) is 11.6. The first-order valence-electron chi connectivity index (χ1n) is 11.2. The number of hydrazone groups is 1. The third-order valence-electron chi connectivity index (χ3n) is 6.27.